The Morgan fingerprint density at radius 3 is 2.46 bits per heavy atom. The average Bonchev–Trinajstić information content (AvgIpc) is 2.95. The van der Waals surface area contributed by atoms with Crippen molar-refractivity contribution in [2.75, 3.05) is 13.1 Å². The molecule has 1 aliphatic rings. The molecule has 3 aromatic rings. The summed E-state index contributed by atoms with van der Waals surface area (Å²) in [5.41, 5.74) is 3.47. The minimum absolute atomic E-state index is 0.167. The summed E-state index contributed by atoms with van der Waals surface area (Å²) < 4.78 is 15.3. The Labute approximate surface area is 141 Å². The molecule has 0 saturated carbocycles. The lowest BCUT2D eigenvalue weighted by Crippen LogP contribution is -2.33. The van der Waals surface area contributed by atoms with E-state index in [9.17, 15) is 4.39 Å². The normalized spacial score (nSPS) is 16.8. The van der Waals surface area contributed by atoms with Crippen molar-refractivity contribution in [3.05, 3.63) is 65.7 Å². The third-order valence-corrected chi connectivity index (χ3v) is 5.09. The van der Waals surface area contributed by atoms with Crippen LogP contribution in [0.5, 0.6) is 0 Å². The first-order valence-corrected chi connectivity index (χ1v) is 8.59. The fourth-order valence-electron chi connectivity index (χ4n) is 3.73. The van der Waals surface area contributed by atoms with Gasteiger partial charge in [0.25, 0.3) is 0 Å². The largest absolute Gasteiger partial charge is 0.331 e. The molecule has 0 spiro atoms. The molecule has 4 rings (SSSR count). The van der Waals surface area contributed by atoms with Crippen LogP contribution in [0.25, 0.3) is 11.0 Å². The average molecular weight is 323 g/mol. The molecular formula is C20H22FN3. The standard InChI is InChI=1S/C20H22FN3/c1-23-19-5-3-2-4-18(19)22-20(23)16-10-12-24(13-11-16)14-15-6-8-17(21)9-7-15/h2-9,16H,10-14H2,1H3. The van der Waals surface area contributed by atoms with Crippen molar-refractivity contribution < 1.29 is 4.39 Å². The van der Waals surface area contributed by atoms with Crippen molar-refractivity contribution in [2.24, 2.45) is 7.05 Å². The smallest absolute Gasteiger partial charge is 0.123 e. The predicted octanol–water partition coefficient (Wildman–Crippen LogP) is 4.09. The molecule has 24 heavy (non-hydrogen) atoms. The Bertz CT molecular complexity index is 830. The van der Waals surface area contributed by atoms with Crippen LogP contribution in [0.1, 0.15) is 30.1 Å². The van der Waals surface area contributed by atoms with E-state index in [1.54, 1.807) is 12.1 Å². The number of rotatable bonds is 3. The third kappa shape index (κ3) is 2.94. The molecule has 0 radical (unpaired) electrons. The summed E-state index contributed by atoms with van der Waals surface area (Å²) in [6, 6.07) is 15.2. The number of aromatic nitrogens is 2. The fraction of sp³-hybridized carbons (Fsp3) is 0.350. The minimum atomic E-state index is -0.167. The van der Waals surface area contributed by atoms with E-state index in [4.69, 9.17) is 4.98 Å². The van der Waals surface area contributed by atoms with E-state index in [1.807, 2.05) is 18.2 Å². The quantitative estimate of drug-likeness (QED) is 0.724. The van der Waals surface area contributed by atoms with Gasteiger partial charge in [0.15, 0.2) is 0 Å². The van der Waals surface area contributed by atoms with Gasteiger partial charge in [0.2, 0.25) is 0 Å². The zero-order valence-electron chi connectivity index (χ0n) is 14.0. The summed E-state index contributed by atoms with van der Waals surface area (Å²) in [4.78, 5) is 7.31. The molecule has 0 N–H and O–H groups in total. The number of fused-ring (bicyclic) bond motifs is 1. The van der Waals surface area contributed by atoms with Gasteiger partial charge in [0.05, 0.1) is 11.0 Å². The minimum Gasteiger partial charge on any atom is -0.331 e. The summed E-state index contributed by atoms with van der Waals surface area (Å²) >= 11 is 0. The Morgan fingerprint density at radius 2 is 1.75 bits per heavy atom. The Kier molecular flexibility index (Phi) is 4.07. The second-order valence-electron chi connectivity index (χ2n) is 6.69. The molecule has 1 aliphatic heterocycles. The molecule has 0 amide bonds. The number of benzene rings is 2. The van der Waals surface area contributed by atoms with Gasteiger partial charge in [0.1, 0.15) is 11.6 Å². The highest BCUT2D eigenvalue weighted by molar-refractivity contribution is 5.75. The number of aryl methyl sites for hydroxylation is 1. The van der Waals surface area contributed by atoms with Gasteiger partial charge >= 0.3 is 0 Å². The summed E-state index contributed by atoms with van der Waals surface area (Å²) in [5.74, 6) is 1.56. The third-order valence-electron chi connectivity index (χ3n) is 5.09. The van der Waals surface area contributed by atoms with Crippen LogP contribution in [0.3, 0.4) is 0 Å². The Morgan fingerprint density at radius 1 is 1.04 bits per heavy atom. The van der Waals surface area contributed by atoms with Crippen LogP contribution in [0.2, 0.25) is 0 Å². The van der Waals surface area contributed by atoms with Crippen LogP contribution in [0.15, 0.2) is 48.5 Å². The maximum absolute atomic E-state index is 13.0. The van der Waals surface area contributed by atoms with Gasteiger partial charge in [-0.1, -0.05) is 24.3 Å². The van der Waals surface area contributed by atoms with Crippen LogP contribution in [-0.4, -0.2) is 27.5 Å². The van der Waals surface area contributed by atoms with Gasteiger partial charge in [-0.3, -0.25) is 4.90 Å². The summed E-state index contributed by atoms with van der Waals surface area (Å²) in [6.07, 6.45) is 2.25. The number of imidazole rings is 1. The second-order valence-corrected chi connectivity index (χ2v) is 6.69. The lowest BCUT2D eigenvalue weighted by atomic mass is 9.95. The molecule has 0 atom stereocenters. The number of halogens is 1. The number of nitrogens with zero attached hydrogens (tertiary/aromatic N) is 3. The van der Waals surface area contributed by atoms with Gasteiger partial charge in [-0.2, -0.15) is 0 Å². The Balaban J connectivity index is 1.43. The molecule has 1 aromatic heterocycles. The van der Waals surface area contributed by atoms with Crippen molar-refractivity contribution in [3.63, 3.8) is 0 Å². The van der Waals surface area contributed by atoms with E-state index in [1.165, 1.54) is 16.9 Å². The second kappa shape index (κ2) is 6.36. The molecule has 2 heterocycles. The van der Waals surface area contributed by atoms with E-state index < -0.39 is 0 Å². The number of piperidine rings is 1. The molecule has 3 nitrogen and oxygen atoms in total. The zero-order valence-corrected chi connectivity index (χ0v) is 14.0. The number of hydrogen-bond donors (Lipinski definition) is 0. The number of likely N-dealkylation sites (tertiary alicyclic amines) is 1. The molecule has 2 aromatic carbocycles. The van der Waals surface area contributed by atoms with Crippen LogP contribution in [0, 0.1) is 5.82 Å². The molecule has 0 unspecified atom stereocenters. The van der Waals surface area contributed by atoms with Crippen LogP contribution >= 0.6 is 0 Å². The van der Waals surface area contributed by atoms with Crippen molar-refractivity contribution in [1.29, 1.82) is 0 Å². The summed E-state index contributed by atoms with van der Waals surface area (Å²) in [5, 5.41) is 0. The topological polar surface area (TPSA) is 21.1 Å². The molecule has 124 valence electrons. The van der Waals surface area contributed by atoms with Gasteiger partial charge in [-0.05, 0) is 55.8 Å². The Hall–Kier alpha value is -2.20. The van der Waals surface area contributed by atoms with E-state index in [-0.39, 0.29) is 5.82 Å². The van der Waals surface area contributed by atoms with Gasteiger partial charge in [0, 0.05) is 19.5 Å². The first-order valence-electron chi connectivity index (χ1n) is 8.59. The van der Waals surface area contributed by atoms with Crippen LogP contribution in [-0.2, 0) is 13.6 Å². The fourth-order valence-corrected chi connectivity index (χ4v) is 3.73. The van der Waals surface area contributed by atoms with Gasteiger partial charge in [-0.25, -0.2) is 9.37 Å². The predicted molar refractivity (Wildman–Crippen MR) is 94.4 cm³/mol. The molecule has 0 aliphatic carbocycles. The van der Waals surface area contributed by atoms with E-state index in [2.05, 4.69) is 34.7 Å². The van der Waals surface area contributed by atoms with Gasteiger partial charge in [-0.15, -0.1) is 0 Å². The van der Waals surface area contributed by atoms with E-state index in [0.717, 1.165) is 38.0 Å². The van der Waals surface area contributed by atoms with Crippen molar-refractivity contribution >= 4 is 11.0 Å². The number of para-hydroxylation sites is 2. The van der Waals surface area contributed by atoms with E-state index >= 15 is 0 Å². The monoisotopic (exact) mass is 323 g/mol. The maximum Gasteiger partial charge on any atom is 0.123 e. The van der Waals surface area contributed by atoms with E-state index in [0.29, 0.717) is 5.92 Å². The highest BCUT2D eigenvalue weighted by Gasteiger charge is 2.24. The van der Waals surface area contributed by atoms with Crippen molar-refractivity contribution in [3.8, 4) is 0 Å². The molecule has 0 bridgehead atoms. The first-order chi connectivity index (χ1) is 11.7. The van der Waals surface area contributed by atoms with Crippen LogP contribution in [0.4, 0.5) is 4.39 Å². The summed E-state index contributed by atoms with van der Waals surface area (Å²) in [7, 11) is 2.12. The molecular weight excluding hydrogens is 301 g/mol. The first kappa shape index (κ1) is 15.3. The highest BCUT2D eigenvalue weighted by atomic mass is 19.1. The highest BCUT2D eigenvalue weighted by Crippen LogP contribution is 2.30. The molecule has 4 heteroatoms. The number of hydrogen-bond acceptors (Lipinski definition) is 2. The lowest BCUT2D eigenvalue weighted by Gasteiger charge is -2.31. The summed E-state index contributed by atoms with van der Waals surface area (Å²) in [6.45, 7) is 3.02. The van der Waals surface area contributed by atoms with Gasteiger partial charge < -0.3 is 4.57 Å². The molecule has 1 saturated heterocycles. The SMILES string of the molecule is Cn1c(C2CCN(Cc3ccc(F)cc3)CC2)nc2ccccc21. The lowest BCUT2D eigenvalue weighted by molar-refractivity contribution is 0.201. The zero-order chi connectivity index (χ0) is 16.5. The molecule has 1 fully saturated rings. The van der Waals surface area contributed by atoms with Crippen LogP contribution < -0.4 is 0 Å². The van der Waals surface area contributed by atoms with Crippen molar-refractivity contribution in [1.82, 2.24) is 14.5 Å². The van der Waals surface area contributed by atoms with Crippen molar-refractivity contribution in [2.45, 2.75) is 25.3 Å². The maximum atomic E-state index is 13.0.